The minimum absolute atomic E-state index is 0.232. The number of ether oxygens (including phenoxy) is 4. The number of carbonyl (C=O) groups excluding carboxylic acids is 4. The molecule has 2 aromatic heterocycles. The molecule has 60 heavy (non-hydrogen) atoms. The number of nitrogens with zero attached hydrogens (tertiary/aromatic N) is 4. The molecule has 0 radical (unpaired) electrons. The highest BCUT2D eigenvalue weighted by Crippen LogP contribution is 2.46. The Kier molecular flexibility index (Phi) is 11.7. The van der Waals surface area contributed by atoms with Gasteiger partial charge in [-0.3, -0.25) is 9.59 Å². The Morgan fingerprint density at radius 2 is 1.00 bits per heavy atom. The number of rotatable bonds is 12. The zero-order chi connectivity index (χ0) is 42.2. The maximum Gasteiger partial charge on any atom is 0.407 e. The average Bonchev–Trinajstić information content (AvgIpc) is 4.12. The number of methoxy groups -OCH3 is 4. The zero-order valence-electron chi connectivity index (χ0n) is 35.1. The number of hydrogen-bond acceptors (Lipinski definition) is 10. The van der Waals surface area contributed by atoms with E-state index in [1.165, 1.54) is 61.8 Å². The molecule has 4 aromatic rings. The molecule has 4 aliphatic rings. The number of hydrogen-bond donors (Lipinski definition) is 4. The van der Waals surface area contributed by atoms with Gasteiger partial charge in [-0.2, -0.15) is 0 Å². The first-order chi connectivity index (χ1) is 29.0. The van der Waals surface area contributed by atoms with Gasteiger partial charge < -0.3 is 49.3 Å². The van der Waals surface area contributed by atoms with Crippen LogP contribution in [0.25, 0.3) is 33.6 Å². The van der Waals surface area contributed by atoms with E-state index in [1.807, 2.05) is 12.4 Å². The molecule has 318 valence electrons. The molecule has 16 nitrogen and oxygen atoms in total. The third-order valence-corrected chi connectivity index (χ3v) is 12.8. The minimum Gasteiger partial charge on any atom is -0.453 e. The molecular formula is C44H54N8O8. The molecule has 2 aliphatic heterocycles. The van der Waals surface area contributed by atoms with Crippen molar-refractivity contribution < 1.29 is 38.1 Å². The Morgan fingerprint density at radius 3 is 1.33 bits per heavy atom. The number of amides is 4. The molecule has 2 saturated heterocycles. The summed E-state index contributed by atoms with van der Waals surface area (Å²) in [5, 5.41) is 5.30. The SMILES string of the molecule is COC(=O)NC(C(=O)N1CCC[C@H]1c1ncc(-c2cc3c4c(c2)CCc2cc(-c5cnc([C@@H]6CCCN6C(=O)[C@@H](NC(=O)OC)[C@@H](C)OC)[nH]5)cc(c2-4)CC3)[nH]1)[C@@H](C)OC. The summed E-state index contributed by atoms with van der Waals surface area (Å²) in [5.41, 5.74) is 11.9. The van der Waals surface area contributed by atoms with E-state index in [2.05, 4.69) is 44.9 Å². The molecule has 2 aromatic carbocycles. The van der Waals surface area contributed by atoms with Crippen LogP contribution in [-0.4, -0.2) is 120 Å². The maximum atomic E-state index is 13.8. The predicted octanol–water partition coefficient (Wildman–Crippen LogP) is 5.18. The number of imidazole rings is 2. The van der Waals surface area contributed by atoms with E-state index in [9.17, 15) is 19.2 Å². The number of benzene rings is 2. The standard InChI is InChI=1S/C44H54N8O8/c1-23(57-3)37(49-43(55)59-5)41(53)51-15-7-9-33(51)39-45-21-31(47-39)29-17-25-11-13-27-19-30(20-28-14-12-26(18-29)35(25)36(27)28)32-22-46-40(48-32)34-10-8-16-52(34)42(54)38(24(2)58-4)50-44(56)60-6/h17-24,33-34,37-38H,7-16H2,1-6H3,(H,45,47)(H,46,48)(H,49,55)(H,50,56)/t23-,24-,33+,34+,37+,38?/m1/s1. The third-order valence-electron chi connectivity index (χ3n) is 12.8. The lowest BCUT2D eigenvalue weighted by atomic mass is 9.74. The second-order valence-electron chi connectivity index (χ2n) is 16.2. The number of aromatic nitrogens is 4. The van der Waals surface area contributed by atoms with Gasteiger partial charge in [-0.15, -0.1) is 0 Å². The molecule has 2 aliphatic carbocycles. The summed E-state index contributed by atoms with van der Waals surface area (Å²) in [5.74, 6) is 0.977. The first kappa shape index (κ1) is 41.0. The van der Waals surface area contributed by atoms with Crippen LogP contribution < -0.4 is 10.6 Å². The minimum atomic E-state index is -0.893. The number of nitrogens with one attached hydrogen (secondary N) is 4. The van der Waals surface area contributed by atoms with Crippen molar-refractivity contribution >= 4 is 24.0 Å². The van der Waals surface area contributed by atoms with E-state index in [0.29, 0.717) is 13.1 Å². The molecular weight excluding hydrogens is 769 g/mol. The predicted molar refractivity (Wildman–Crippen MR) is 221 cm³/mol. The first-order valence-electron chi connectivity index (χ1n) is 20.8. The van der Waals surface area contributed by atoms with Crippen LogP contribution in [0.2, 0.25) is 0 Å². The van der Waals surface area contributed by atoms with Crippen molar-refractivity contribution in [3.63, 3.8) is 0 Å². The van der Waals surface area contributed by atoms with Crippen LogP contribution >= 0.6 is 0 Å². The molecule has 4 heterocycles. The average molecular weight is 823 g/mol. The van der Waals surface area contributed by atoms with Gasteiger partial charge in [-0.05, 0) is 123 Å². The Balaban J connectivity index is 1.01. The molecule has 4 N–H and O–H groups in total. The highest BCUT2D eigenvalue weighted by molar-refractivity contribution is 5.88. The van der Waals surface area contributed by atoms with Gasteiger partial charge in [0, 0.05) is 38.4 Å². The summed E-state index contributed by atoms with van der Waals surface area (Å²) in [6, 6.07) is 6.83. The molecule has 1 unspecified atom stereocenters. The Hall–Kier alpha value is -5.74. The topological polar surface area (TPSA) is 193 Å². The van der Waals surface area contributed by atoms with Crippen molar-refractivity contribution in [3.8, 4) is 33.6 Å². The summed E-state index contributed by atoms with van der Waals surface area (Å²) in [6.07, 6.45) is 8.00. The van der Waals surface area contributed by atoms with E-state index in [4.69, 9.17) is 28.9 Å². The van der Waals surface area contributed by atoms with E-state index >= 15 is 0 Å². The normalized spacial score (nSPS) is 19.9. The first-order valence-corrected chi connectivity index (χ1v) is 20.8. The molecule has 4 amide bonds. The lowest BCUT2D eigenvalue weighted by molar-refractivity contribution is -0.138. The zero-order valence-corrected chi connectivity index (χ0v) is 35.1. The van der Waals surface area contributed by atoms with E-state index in [-0.39, 0.29) is 23.9 Å². The van der Waals surface area contributed by atoms with Crippen molar-refractivity contribution in [2.24, 2.45) is 0 Å². The van der Waals surface area contributed by atoms with Crippen molar-refractivity contribution in [2.75, 3.05) is 41.5 Å². The van der Waals surface area contributed by atoms with Gasteiger partial charge in [0.2, 0.25) is 11.8 Å². The summed E-state index contributed by atoms with van der Waals surface area (Å²) in [4.78, 5) is 72.0. The van der Waals surface area contributed by atoms with Crippen molar-refractivity contribution in [1.82, 2.24) is 40.4 Å². The second-order valence-corrected chi connectivity index (χ2v) is 16.2. The van der Waals surface area contributed by atoms with Gasteiger partial charge in [-0.1, -0.05) is 0 Å². The van der Waals surface area contributed by atoms with Crippen LogP contribution in [0.1, 0.15) is 85.5 Å². The van der Waals surface area contributed by atoms with Gasteiger partial charge in [0.15, 0.2) is 0 Å². The Bertz CT molecular complexity index is 2080. The monoisotopic (exact) mass is 822 g/mol. The van der Waals surface area contributed by atoms with E-state index < -0.39 is 36.5 Å². The third kappa shape index (κ3) is 7.62. The summed E-state index contributed by atoms with van der Waals surface area (Å²) in [7, 11) is 5.56. The molecule has 16 heteroatoms. The quantitative estimate of drug-likeness (QED) is 0.148. The summed E-state index contributed by atoms with van der Waals surface area (Å²) in [6.45, 7) is 4.60. The van der Waals surface area contributed by atoms with Gasteiger partial charge in [0.1, 0.15) is 23.7 Å². The Labute approximate surface area is 349 Å². The van der Waals surface area contributed by atoms with Crippen LogP contribution in [0, 0.1) is 0 Å². The van der Waals surface area contributed by atoms with Gasteiger partial charge >= 0.3 is 12.2 Å². The van der Waals surface area contributed by atoms with E-state index in [0.717, 1.165) is 85.5 Å². The van der Waals surface area contributed by atoms with Gasteiger partial charge in [-0.25, -0.2) is 19.6 Å². The highest BCUT2D eigenvalue weighted by atomic mass is 16.5. The number of alkyl carbamates (subject to hydrolysis) is 2. The van der Waals surface area contributed by atoms with Crippen molar-refractivity contribution in [3.05, 3.63) is 70.6 Å². The van der Waals surface area contributed by atoms with Gasteiger partial charge in [0.05, 0.1) is 62.3 Å². The molecule has 2 fully saturated rings. The largest absolute Gasteiger partial charge is 0.453 e. The fourth-order valence-corrected chi connectivity index (χ4v) is 9.51. The molecule has 8 rings (SSSR count). The Morgan fingerprint density at radius 1 is 0.633 bits per heavy atom. The molecule has 0 bridgehead atoms. The molecule has 6 atom stereocenters. The lowest BCUT2D eigenvalue weighted by Crippen LogP contribution is -2.54. The number of aromatic amines is 2. The number of carbonyl (C=O) groups is 4. The van der Waals surface area contributed by atoms with Crippen molar-refractivity contribution in [2.45, 2.75) is 102 Å². The maximum absolute atomic E-state index is 13.8. The van der Waals surface area contributed by atoms with Crippen LogP contribution in [-0.2, 0) is 54.2 Å². The number of H-pyrrole nitrogens is 2. The number of likely N-dealkylation sites (tertiary alicyclic amines) is 2. The van der Waals surface area contributed by atoms with Crippen LogP contribution in [0.5, 0.6) is 0 Å². The number of aryl methyl sites for hydroxylation is 4. The summed E-state index contributed by atoms with van der Waals surface area (Å²) >= 11 is 0. The fraction of sp³-hybridized carbons (Fsp3) is 0.500. The smallest absolute Gasteiger partial charge is 0.407 e. The van der Waals surface area contributed by atoms with Crippen molar-refractivity contribution in [1.29, 1.82) is 0 Å². The fourth-order valence-electron chi connectivity index (χ4n) is 9.51. The highest BCUT2D eigenvalue weighted by Gasteiger charge is 2.40. The summed E-state index contributed by atoms with van der Waals surface area (Å²) < 4.78 is 20.5. The van der Waals surface area contributed by atoms with E-state index in [1.54, 1.807) is 23.6 Å². The van der Waals surface area contributed by atoms with Crippen LogP contribution in [0.4, 0.5) is 9.59 Å². The molecule has 0 spiro atoms. The molecule has 0 saturated carbocycles. The van der Waals surface area contributed by atoms with Gasteiger partial charge in [0.25, 0.3) is 0 Å². The lowest BCUT2D eigenvalue weighted by Gasteiger charge is -2.31. The second kappa shape index (κ2) is 17.1. The van der Waals surface area contributed by atoms with Crippen LogP contribution in [0.15, 0.2) is 36.7 Å². The van der Waals surface area contributed by atoms with Crippen LogP contribution in [0.3, 0.4) is 0 Å².